The summed E-state index contributed by atoms with van der Waals surface area (Å²) in [5.74, 6) is 0.106. The number of carbonyl (C=O) groups excluding carboxylic acids is 3. The summed E-state index contributed by atoms with van der Waals surface area (Å²) < 4.78 is 4.79. The van der Waals surface area contributed by atoms with Crippen molar-refractivity contribution in [2.45, 2.75) is 57.8 Å². The molecule has 2 heterocycles. The lowest BCUT2D eigenvalue weighted by Gasteiger charge is -2.51. The van der Waals surface area contributed by atoms with Gasteiger partial charge in [-0.25, -0.2) is 4.79 Å². The molecule has 3 atom stereocenters. The second-order valence-electron chi connectivity index (χ2n) is 8.53. The number of carbonyl (C=O) groups is 3. The van der Waals surface area contributed by atoms with E-state index in [1.165, 1.54) is 7.11 Å². The van der Waals surface area contributed by atoms with Crippen LogP contribution in [0, 0.1) is 5.92 Å². The molecule has 31 heavy (non-hydrogen) atoms. The van der Waals surface area contributed by atoms with E-state index in [0.29, 0.717) is 5.69 Å². The Hall–Kier alpha value is -3.10. The number of fused-ring (bicyclic) bond motifs is 3. The van der Waals surface area contributed by atoms with E-state index >= 15 is 0 Å². The molecule has 0 aromatic heterocycles. The van der Waals surface area contributed by atoms with Crippen LogP contribution in [-0.2, 0) is 14.3 Å². The van der Waals surface area contributed by atoms with Gasteiger partial charge in [0.25, 0.3) is 5.91 Å². The van der Waals surface area contributed by atoms with Crippen molar-refractivity contribution in [3.63, 3.8) is 0 Å². The van der Waals surface area contributed by atoms with E-state index in [1.807, 2.05) is 0 Å². The van der Waals surface area contributed by atoms with E-state index in [4.69, 9.17) is 4.74 Å². The lowest BCUT2D eigenvalue weighted by molar-refractivity contribution is -0.151. The third kappa shape index (κ3) is 3.84. The normalized spacial score (nSPS) is 24.8. The van der Waals surface area contributed by atoms with Gasteiger partial charge in [-0.15, -0.1) is 0 Å². The lowest BCUT2D eigenvalue weighted by atomic mass is 9.85. The third-order valence-corrected chi connectivity index (χ3v) is 6.25. The van der Waals surface area contributed by atoms with Crippen molar-refractivity contribution in [1.29, 1.82) is 0 Å². The van der Waals surface area contributed by atoms with Gasteiger partial charge in [0, 0.05) is 5.92 Å². The highest BCUT2D eigenvalue weighted by atomic mass is 16.5. The maximum absolute atomic E-state index is 13.3. The molecule has 3 unspecified atom stereocenters. The summed E-state index contributed by atoms with van der Waals surface area (Å²) in [6.07, 6.45) is 3.38. The maximum atomic E-state index is 13.3. The fourth-order valence-electron chi connectivity index (χ4n) is 4.86. The molecule has 1 aromatic rings. The fourth-order valence-corrected chi connectivity index (χ4v) is 4.86. The number of rotatable bonds is 5. The van der Waals surface area contributed by atoms with E-state index in [2.05, 4.69) is 34.6 Å². The first-order valence-electron chi connectivity index (χ1n) is 10.8. The Bertz CT molecular complexity index is 915. The zero-order valence-corrected chi connectivity index (χ0v) is 18.1. The molecule has 0 spiro atoms. The number of nitrogens with zero attached hydrogens (tertiary/aromatic N) is 3. The average molecular weight is 428 g/mol. The second-order valence-corrected chi connectivity index (χ2v) is 8.53. The summed E-state index contributed by atoms with van der Waals surface area (Å²) in [7, 11) is 1.30. The Kier molecular flexibility index (Phi) is 5.84. The molecule has 1 aromatic carbocycles. The van der Waals surface area contributed by atoms with Crippen LogP contribution in [0.3, 0.4) is 0 Å². The van der Waals surface area contributed by atoms with Crippen LogP contribution in [0.15, 0.2) is 29.4 Å². The van der Waals surface area contributed by atoms with Crippen LogP contribution < -0.4 is 10.7 Å². The predicted octanol–water partition coefficient (Wildman–Crippen LogP) is 1.77. The first-order valence-corrected chi connectivity index (χ1v) is 10.8. The number of hydrogen-bond donors (Lipinski definition) is 2. The van der Waals surface area contributed by atoms with Crippen LogP contribution >= 0.6 is 0 Å². The molecule has 4 rings (SSSR count). The predicted molar refractivity (Wildman–Crippen MR) is 115 cm³/mol. The smallest absolute Gasteiger partial charge is 0.339 e. The zero-order valence-electron chi connectivity index (χ0n) is 18.1. The number of piperazine rings is 1. The molecule has 3 aliphatic rings. The SMILES string of the molecule is COC(=O)c1ccccc1NC(=O)CN1C(=O)C2NN=C(C(C)C)N2C2CCCCC21. The molecule has 9 heteroatoms. The molecule has 1 saturated heterocycles. The molecule has 0 radical (unpaired) electrons. The van der Waals surface area contributed by atoms with E-state index in [1.54, 1.807) is 29.2 Å². The molecular formula is C22H29N5O4. The number of nitrogens with one attached hydrogen (secondary N) is 2. The monoisotopic (exact) mass is 427 g/mol. The van der Waals surface area contributed by atoms with E-state index in [0.717, 1.165) is 31.5 Å². The fraction of sp³-hybridized carbons (Fsp3) is 0.545. The summed E-state index contributed by atoms with van der Waals surface area (Å²) in [4.78, 5) is 42.1. The molecule has 1 aliphatic carbocycles. The van der Waals surface area contributed by atoms with Crippen LogP contribution in [-0.4, -0.2) is 65.3 Å². The standard InChI is InChI=1S/C22H29N5O4/c1-13(2)19-24-25-20-21(29)26(16-10-6-7-11-17(16)27(19)20)12-18(28)23-15-9-5-4-8-14(15)22(30)31-3/h4-5,8-9,13,16-17,20,25H,6-7,10-12H2,1-3H3,(H,23,28). The maximum Gasteiger partial charge on any atom is 0.339 e. The van der Waals surface area contributed by atoms with E-state index in [9.17, 15) is 14.4 Å². The molecular weight excluding hydrogens is 398 g/mol. The minimum atomic E-state index is -0.563. The first-order chi connectivity index (χ1) is 14.9. The van der Waals surface area contributed by atoms with Gasteiger partial charge in [0.2, 0.25) is 5.91 Å². The largest absolute Gasteiger partial charge is 0.465 e. The Labute approximate surface area is 181 Å². The van der Waals surface area contributed by atoms with Gasteiger partial charge in [0.05, 0.1) is 30.4 Å². The number of amidine groups is 1. The number of hydrazone groups is 1. The minimum Gasteiger partial charge on any atom is -0.465 e. The molecule has 2 N–H and O–H groups in total. The Balaban J connectivity index is 1.53. The van der Waals surface area contributed by atoms with Crippen molar-refractivity contribution in [3.8, 4) is 0 Å². The van der Waals surface area contributed by atoms with Crippen molar-refractivity contribution >= 4 is 29.3 Å². The summed E-state index contributed by atoms with van der Waals surface area (Å²) in [6.45, 7) is 4.08. The van der Waals surface area contributed by atoms with Gasteiger partial charge in [-0.1, -0.05) is 38.8 Å². The Morgan fingerprint density at radius 2 is 1.94 bits per heavy atom. The van der Waals surface area contributed by atoms with E-state index in [-0.39, 0.29) is 41.9 Å². The Morgan fingerprint density at radius 1 is 1.23 bits per heavy atom. The van der Waals surface area contributed by atoms with E-state index < -0.39 is 12.1 Å². The first kappa shape index (κ1) is 21.1. The average Bonchev–Trinajstić information content (AvgIpc) is 3.22. The summed E-state index contributed by atoms with van der Waals surface area (Å²) >= 11 is 0. The summed E-state index contributed by atoms with van der Waals surface area (Å²) in [6, 6.07) is 6.78. The van der Waals surface area contributed by atoms with Crippen molar-refractivity contribution in [2.24, 2.45) is 11.0 Å². The molecule has 9 nitrogen and oxygen atoms in total. The number of anilines is 1. The molecule has 1 saturated carbocycles. The van der Waals surface area contributed by atoms with Gasteiger partial charge in [0.15, 0.2) is 6.17 Å². The van der Waals surface area contributed by atoms with Crippen LogP contribution in [0.4, 0.5) is 5.69 Å². The molecule has 2 aliphatic heterocycles. The van der Waals surface area contributed by atoms with Gasteiger partial charge in [-0.05, 0) is 25.0 Å². The van der Waals surface area contributed by atoms with Gasteiger partial charge < -0.3 is 19.9 Å². The molecule has 2 amide bonds. The van der Waals surface area contributed by atoms with Crippen LogP contribution in [0.25, 0.3) is 0 Å². The topological polar surface area (TPSA) is 103 Å². The van der Waals surface area contributed by atoms with Crippen molar-refractivity contribution in [2.75, 3.05) is 19.0 Å². The number of esters is 1. The minimum absolute atomic E-state index is 0.0389. The summed E-state index contributed by atoms with van der Waals surface area (Å²) in [5.41, 5.74) is 3.63. The summed E-state index contributed by atoms with van der Waals surface area (Å²) in [5, 5.41) is 7.22. The van der Waals surface area contributed by atoms with Crippen LogP contribution in [0.1, 0.15) is 49.9 Å². The highest BCUT2D eigenvalue weighted by Crippen LogP contribution is 2.35. The highest BCUT2D eigenvalue weighted by Gasteiger charge is 2.51. The zero-order chi connectivity index (χ0) is 22.1. The Morgan fingerprint density at radius 3 is 2.65 bits per heavy atom. The highest BCUT2D eigenvalue weighted by molar-refractivity contribution is 6.03. The van der Waals surface area contributed by atoms with Gasteiger partial charge in [-0.3, -0.25) is 15.0 Å². The quantitative estimate of drug-likeness (QED) is 0.694. The lowest BCUT2D eigenvalue weighted by Crippen LogP contribution is -2.70. The number of methoxy groups -OCH3 is 1. The third-order valence-electron chi connectivity index (χ3n) is 6.25. The van der Waals surface area contributed by atoms with Crippen molar-refractivity contribution in [3.05, 3.63) is 29.8 Å². The van der Waals surface area contributed by atoms with Crippen molar-refractivity contribution < 1.29 is 19.1 Å². The molecule has 0 bridgehead atoms. The second kappa shape index (κ2) is 8.56. The number of hydrogen-bond acceptors (Lipinski definition) is 7. The van der Waals surface area contributed by atoms with Crippen molar-refractivity contribution in [1.82, 2.24) is 15.2 Å². The number of amides is 2. The van der Waals surface area contributed by atoms with Crippen LogP contribution in [0.2, 0.25) is 0 Å². The number of ether oxygens (including phenoxy) is 1. The molecule has 2 fully saturated rings. The van der Waals surface area contributed by atoms with Gasteiger partial charge >= 0.3 is 5.97 Å². The van der Waals surface area contributed by atoms with Crippen LogP contribution in [0.5, 0.6) is 0 Å². The number of para-hydroxylation sites is 1. The molecule has 166 valence electrons. The van der Waals surface area contributed by atoms with Gasteiger partial charge in [0.1, 0.15) is 12.4 Å². The number of benzene rings is 1. The van der Waals surface area contributed by atoms with Gasteiger partial charge in [-0.2, -0.15) is 5.10 Å².